The zero-order chi connectivity index (χ0) is 18.5. The van der Waals surface area contributed by atoms with Gasteiger partial charge in [0.25, 0.3) is 0 Å². The Morgan fingerprint density at radius 1 is 1.38 bits per heavy atom. The molecule has 138 valence electrons. The molecule has 0 saturated heterocycles. The van der Waals surface area contributed by atoms with E-state index in [4.69, 9.17) is 21.7 Å². The maximum Gasteiger partial charge on any atom is 0.309 e. The van der Waals surface area contributed by atoms with E-state index in [1.807, 2.05) is 31.2 Å². The number of hydrogen-bond donors (Lipinski definition) is 2. The normalized spacial score (nSPS) is 15.7. The van der Waals surface area contributed by atoms with Crippen molar-refractivity contribution in [2.24, 2.45) is 5.92 Å². The smallest absolute Gasteiger partial charge is 0.309 e. The van der Waals surface area contributed by atoms with Crippen LogP contribution in [0.15, 0.2) is 24.3 Å². The van der Waals surface area contributed by atoms with Crippen LogP contribution in [-0.2, 0) is 22.4 Å². The van der Waals surface area contributed by atoms with Crippen LogP contribution < -0.4 is 15.4 Å². The number of methoxy groups -OCH3 is 1. The van der Waals surface area contributed by atoms with Gasteiger partial charge >= 0.3 is 5.97 Å². The number of thiazole rings is 1. The largest absolute Gasteiger partial charge is 0.495 e. The number of carbonyl (C=O) groups is 1. The number of anilines is 2. The van der Waals surface area contributed by atoms with E-state index < -0.39 is 0 Å². The average Bonchev–Trinajstić information content (AvgIpc) is 3.03. The number of ether oxygens (including phenoxy) is 2. The lowest BCUT2D eigenvalue weighted by Gasteiger charge is -2.18. The molecule has 1 unspecified atom stereocenters. The van der Waals surface area contributed by atoms with E-state index in [-0.39, 0.29) is 11.9 Å². The van der Waals surface area contributed by atoms with Crippen LogP contribution in [0.5, 0.6) is 5.75 Å². The lowest BCUT2D eigenvalue weighted by Crippen LogP contribution is -2.24. The van der Waals surface area contributed by atoms with Crippen molar-refractivity contribution in [3.63, 3.8) is 0 Å². The molecule has 2 N–H and O–H groups in total. The van der Waals surface area contributed by atoms with Gasteiger partial charge in [-0.3, -0.25) is 4.79 Å². The number of esters is 1. The van der Waals surface area contributed by atoms with E-state index in [0.29, 0.717) is 23.9 Å². The molecule has 0 bridgehead atoms. The predicted octanol–water partition coefficient (Wildman–Crippen LogP) is 3.63. The topological polar surface area (TPSA) is 72.5 Å². The molecule has 0 spiro atoms. The molecular formula is C18H21N3O3S2. The second-order valence-electron chi connectivity index (χ2n) is 5.86. The summed E-state index contributed by atoms with van der Waals surface area (Å²) in [5, 5.41) is 7.42. The van der Waals surface area contributed by atoms with Gasteiger partial charge in [-0.25, -0.2) is 4.98 Å². The van der Waals surface area contributed by atoms with Gasteiger partial charge in [0.15, 0.2) is 10.2 Å². The molecule has 0 amide bonds. The number of hydrogen-bond acceptors (Lipinski definition) is 6. The molecule has 1 aromatic heterocycles. The third-order valence-corrected chi connectivity index (χ3v) is 5.37. The highest BCUT2D eigenvalue weighted by Gasteiger charge is 2.28. The van der Waals surface area contributed by atoms with Gasteiger partial charge in [0.05, 0.1) is 31.0 Å². The summed E-state index contributed by atoms with van der Waals surface area (Å²) in [5.74, 6) is 0.524. The Morgan fingerprint density at radius 2 is 2.19 bits per heavy atom. The van der Waals surface area contributed by atoms with Gasteiger partial charge in [-0.05, 0) is 50.5 Å². The van der Waals surface area contributed by atoms with E-state index >= 15 is 0 Å². The number of aromatic nitrogens is 1. The quantitative estimate of drug-likeness (QED) is 0.596. The summed E-state index contributed by atoms with van der Waals surface area (Å²) in [7, 11) is 1.62. The Balaban J connectivity index is 1.63. The number of thiocarbonyl (C=S) groups is 1. The fraction of sp³-hybridized carbons (Fsp3) is 0.389. The van der Waals surface area contributed by atoms with Crippen molar-refractivity contribution in [3.05, 3.63) is 34.8 Å². The SMILES string of the molecule is CCOC(=O)C1CCc2nc(NC(=S)Nc3ccccc3OC)sc2C1. The monoisotopic (exact) mass is 391 g/mol. The van der Waals surface area contributed by atoms with E-state index in [1.165, 1.54) is 11.3 Å². The van der Waals surface area contributed by atoms with Crippen molar-refractivity contribution in [1.29, 1.82) is 0 Å². The average molecular weight is 392 g/mol. The van der Waals surface area contributed by atoms with Crippen molar-refractivity contribution >= 4 is 45.5 Å². The van der Waals surface area contributed by atoms with Crippen LogP contribution in [0.4, 0.5) is 10.8 Å². The van der Waals surface area contributed by atoms with Gasteiger partial charge in [0, 0.05) is 4.88 Å². The predicted molar refractivity (Wildman–Crippen MR) is 107 cm³/mol. The Kier molecular flexibility index (Phi) is 6.05. The third-order valence-electron chi connectivity index (χ3n) is 4.14. The maximum atomic E-state index is 12.0. The van der Waals surface area contributed by atoms with Crippen LogP contribution in [0.2, 0.25) is 0 Å². The fourth-order valence-corrected chi connectivity index (χ4v) is 4.25. The van der Waals surface area contributed by atoms with Gasteiger partial charge in [0.1, 0.15) is 5.75 Å². The molecule has 6 nitrogen and oxygen atoms in total. The number of aryl methyl sites for hydroxylation is 1. The molecule has 0 saturated carbocycles. The summed E-state index contributed by atoms with van der Waals surface area (Å²) >= 11 is 6.91. The lowest BCUT2D eigenvalue weighted by atomic mass is 9.91. The van der Waals surface area contributed by atoms with E-state index in [9.17, 15) is 4.79 Å². The van der Waals surface area contributed by atoms with Gasteiger partial charge in [0.2, 0.25) is 0 Å². The highest BCUT2D eigenvalue weighted by atomic mass is 32.1. The number of nitrogens with one attached hydrogen (secondary N) is 2. The second kappa shape index (κ2) is 8.46. The van der Waals surface area contributed by atoms with Gasteiger partial charge in [-0.2, -0.15) is 0 Å². The highest BCUT2D eigenvalue weighted by Crippen LogP contribution is 2.33. The van der Waals surface area contributed by atoms with Crippen molar-refractivity contribution in [1.82, 2.24) is 4.98 Å². The molecule has 1 atom stereocenters. The molecule has 8 heteroatoms. The number of benzene rings is 1. The second-order valence-corrected chi connectivity index (χ2v) is 7.35. The van der Waals surface area contributed by atoms with Gasteiger partial charge < -0.3 is 20.1 Å². The summed E-state index contributed by atoms with van der Waals surface area (Å²) < 4.78 is 10.5. The first kappa shape index (κ1) is 18.6. The van der Waals surface area contributed by atoms with Gasteiger partial charge in [-0.1, -0.05) is 12.1 Å². The summed E-state index contributed by atoms with van der Waals surface area (Å²) in [6.07, 6.45) is 2.24. The zero-order valence-electron chi connectivity index (χ0n) is 14.7. The van der Waals surface area contributed by atoms with Crippen LogP contribution in [0.1, 0.15) is 23.9 Å². The van der Waals surface area contributed by atoms with E-state index in [1.54, 1.807) is 7.11 Å². The minimum atomic E-state index is -0.116. The summed E-state index contributed by atoms with van der Waals surface area (Å²) in [6.45, 7) is 2.25. The van der Waals surface area contributed by atoms with E-state index in [2.05, 4.69) is 15.6 Å². The van der Waals surface area contributed by atoms with Crippen LogP contribution in [-0.4, -0.2) is 29.8 Å². The molecule has 0 fully saturated rings. The molecule has 1 aliphatic carbocycles. The van der Waals surface area contributed by atoms with Crippen LogP contribution in [0.3, 0.4) is 0 Å². The fourth-order valence-electron chi connectivity index (χ4n) is 2.89. The van der Waals surface area contributed by atoms with Crippen molar-refractivity contribution in [2.75, 3.05) is 24.4 Å². The number of nitrogens with zero attached hydrogens (tertiary/aromatic N) is 1. The Hall–Kier alpha value is -2.19. The summed E-state index contributed by atoms with van der Waals surface area (Å²) in [4.78, 5) is 17.7. The van der Waals surface area contributed by atoms with Crippen molar-refractivity contribution in [2.45, 2.75) is 26.2 Å². The molecular weight excluding hydrogens is 370 g/mol. The summed E-state index contributed by atoms with van der Waals surface area (Å²) in [6, 6.07) is 7.56. The number of carbonyl (C=O) groups excluding carboxylic acids is 1. The van der Waals surface area contributed by atoms with Crippen LogP contribution >= 0.6 is 23.6 Å². The Morgan fingerprint density at radius 3 is 2.96 bits per heavy atom. The first-order chi connectivity index (χ1) is 12.6. The van der Waals surface area contributed by atoms with E-state index in [0.717, 1.165) is 34.2 Å². The van der Waals surface area contributed by atoms with Crippen molar-refractivity contribution < 1.29 is 14.3 Å². The molecule has 2 aromatic rings. The Labute approximate surface area is 161 Å². The molecule has 1 heterocycles. The zero-order valence-corrected chi connectivity index (χ0v) is 16.3. The highest BCUT2D eigenvalue weighted by molar-refractivity contribution is 7.80. The number of fused-ring (bicyclic) bond motifs is 1. The maximum absolute atomic E-state index is 12.0. The van der Waals surface area contributed by atoms with Crippen LogP contribution in [0, 0.1) is 5.92 Å². The molecule has 0 aliphatic heterocycles. The van der Waals surface area contributed by atoms with Gasteiger partial charge in [-0.15, -0.1) is 11.3 Å². The number of rotatable bonds is 5. The lowest BCUT2D eigenvalue weighted by molar-refractivity contribution is -0.148. The minimum Gasteiger partial charge on any atom is -0.495 e. The van der Waals surface area contributed by atoms with Crippen LogP contribution in [0.25, 0.3) is 0 Å². The van der Waals surface area contributed by atoms with Crippen molar-refractivity contribution in [3.8, 4) is 5.75 Å². The standard InChI is InChI=1S/C18H21N3O3S2/c1-3-24-16(22)11-8-9-13-15(10-11)26-18(20-13)21-17(25)19-12-6-4-5-7-14(12)23-2/h4-7,11H,3,8-10H2,1-2H3,(H2,19,20,21,25). The molecule has 0 radical (unpaired) electrons. The Bertz CT molecular complexity index is 807. The summed E-state index contributed by atoms with van der Waals surface area (Å²) in [5.41, 5.74) is 1.83. The molecule has 26 heavy (non-hydrogen) atoms. The molecule has 1 aromatic carbocycles. The third kappa shape index (κ3) is 4.31. The first-order valence-electron chi connectivity index (χ1n) is 8.47. The first-order valence-corrected chi connectivity index (χ1v) is 9.69. The molecule has 1 aliphatic rings. The molecule has 3 rings (SSSR count). The number of para-hydroxylation sites is 2. The minimum absolute atomic E-state index is 0.0746.